The molecule has 0 bridgehead atoms. The standard InChI is InChI=1S/C6H9NO4/c1-5(10)7-6(4-9)11-3-2-8/h2,4,6H,3H2,1H3,(H,7,10)/t6-/m0/s1. The van der Waals surface area contributed by atoms with Crippen molar-refractivity contribution in [2.45, 2.75) is 13.2 Å². The summed E-state index contributed by atoms with van der Waals surface area (Å²) in [4.78, 5) is 30.2. The van der Waals surface area contributed by atoms with Crippen LogP contribution in [0.4, 0.5) is 0 Å². The van der Waals surface area contributed by atoms with Gasteiger partial charge in [-0.3, -0.25) is 9.59 Å². The van der Waals surface area contributed by atoms with Crippen LogP contribution in [0.2, 0.25) is 0 Å². The molecule has 0 heterocycles. The van der Waals surface area contributed by atoms with Gasteiger partial charge < -0.3 is 14.8 Å². The molecular weight excluding hydrogens is 150 g/mol. The van der Waals surface area contributed by atoms with Gasteiger partial charge >= 0.3 is 0 Å². The fourth-order valence-corrected chi connectivity index (χ4v) is 0.458. The van der Waals surface area contributed by atoms with E-state index in [0.29, 0.717) is 12.6 Å². The van der Waals surface area contributed by atoms with Crippen LogP contribution in [0.5, 0.6) is 0 Å². The van der Waals surface area contributed by atoms with Crippen molar-refractivity contribution in [2.24, 2.45) is 0 Å². The van der Waals surface area contributed by atoms with Gasteiger partial charge in [0.15, 0.2) is 12.5 Å². The van der Waals surface area contributed by atoms with Crippen molar-refractivity contribution >= 4 is 18.5 Å². The molecule has 5 heteroatoms. The fraction of sp³-hybridized carbons (Fsp3) is 0.500. The molecule has 0 aromatic carbocycles. The maximum absolute atomic E-state index is 10.3. The highest BCUT2D eigenvalue weighted by molar-refractivity contribution is 5.76. The zero-order chi connectivity index (χ0) is 8.69. The first kappa shape index (κ1) is 9.77. The van der Waals surface area contributed by atoms with Crippen LogP contribution in [-0.2, 0) is 19.1 Å². The molecule has 62 valence electrons. The Kier molecular flexibility index (Phi) is 4.93. The quantitative estimate of drug-likeness (QED) is 0.406. The molecule has 0 aliphatic heterocycles. The monoisotopic (exact) mass is 159 g/mol. The number of hydrogen-bond acceptors (Lipinski definition) is 4. The molecule has 0 aromatic rings. The summed E-state index contributed by atoms with van der Waals surface area (Å²) in [5.74, 6) is -0.381. The Balaban J connectivity index is 3.65. The molecule has 0 aromatic heterocycles. The van der Waals surface area contributed by atoms with Gasteiger partial charge in [-0.05, 0) is 0 Å². The van der Waals surface area contributed by atoms with E-state index in [1.807, 2.05) is 0 Å². The fourth-order valence-electron chi connectivity index (χ4n) is 0.458. The Morgan fingerprint density at radius 1 is 1.64 bits per heavy atom. The molecule has 0 saturated carbocycles. The summed E-state index contributed by atoms with van der Waals surface area (Å²) in [6, 6.07) is 0. The van der Waals surface area contributed by atoms with E-state index in [1.54, 1.807) is 0 Å². The van der Waals surface area contributed by atoms with Crippen molar-refractivity contribution in [1.29, 1.82) is 0 Å². The smallest absolute Gasteiger partial charge is 0.219 e. The zero-order valence-corrected chi connectivity index (χ0v) is 6.07. The van der Waals surface area contributed by atoms with E-state index < -0.39 is 6.23 Å². The van der Waals surface area contributed by atoms with E-state index in [4.69, 9.17) is 0 Å². The van der Waals surface area contributed by atoms with E-state index in [2.05, 4.69) is 10.1 Å². The topological polar surface area (TPSA) is 72.5 Å². The van der Waals surface area contributed by atoms with Gasteiger partial charge in [0.2, 0.25) is 5.91 Å². The van der Waals surface area contributed by atoms with Crippen LogP contribution in [0, 0.1) is 0 Å². The molecule has 0 unspecified atom stereocenters. The number of nitrogens with one attached hydrogen (secondary N) is 1. The third-order valence-electron chi connectivity index (χ3n) is 0.813. The van der Waals surface area contributed by atoms with Crippen LogP contribution < -0.4 is 5.32 Å². The summed E-state index contributed by atoms with van der Waals surface area (Å²) in [6.45, 7) is 1.05. The number of ether oxygens (including phenoxy) is 1. The van der Waals surface area contributed by atoms with Gasteiger partial charge in [-0.25, -0.2) is 0 Å². The van der Waals surface area contributed by atoms with Crippen LogP contribution in [0.15, 0.2) is 0 Å². The minimum Gasteiger partial charge on any atom is -0.344 e. The summed E-state index contributed by atoms with van der Waals surface area (Å²) < 4.78 is 4.58. The molecule has 1 atom stereocenters. The first-order valence-electron chi connectivity index (χ1n) is 2.98. The summed E-state index contributed by atoms with van der Waals surface area (Å²) >= 11 is 0. The van der Waals surface area contributed by atoms with Crippen molar-refractivity contribution in [2.75, 3.05) is 6.61 Å². The molecule has 0 rings (SSSR count). The molecule has 0 spiro atoms. The molecular formula is C6H9NO4. The average molecular weight is 159 g/mol. The number of hydrogen-bond donors (Lipinski definition) is 1. The van der Waals surface area contributed by atoms with Crippen LogP contribution in [0.1, 0.15) is 6.92 Å². The highest BCUT2D eigenvalue weighted by Crippen LogP contribution is 1.80. The largest absolute Gasteiger partial charge is 0.344 e. The summed E-state index contributed by atoms with van der Waals surface area (Å²) in [7, 11) is 0. The maximum atomic E-state index is 10.3. The van der Waals surface area contributed by atoms with Gasteiger partial charge in [0.1, 0.15) is 12.9 Å². The van der Waals surface area contributed by atoms with Gasteiger partial charge in [-0.15, -0.1) is 0 Å². The molecule has 1 amide bonds. The predicted molar refractivity (Wildman–Crippen MR) is 35.7 cm³/mol. The van der Waals surface area contributed by atoms with Crippen LogP contribution in [-0.4, -0.2) is 31.3 Å². The van der Waals surface area contributed by atoms with Gasteiger partial charge in [0.25, 0.3) is 0 Å². The normalized spacial score (nSPS) is 11.7. The minimum atomic E-state index is -1.02. The van der Waals surface area contributed by atoms with E-state index >= 15 is 0 Å². The number of carbonyl (C=O) groups excluding carboxylic acids is 3. The highest BCUT2D eigenvalue weighted by Gasteiger charge is 2.06. The van der Waals surface area contributed by atoms with Gasteiger partial charge in [-0.1, -0.05) is 0 Å². The third kappa shape index (κ3) is 5.23. The van der Waals surface area contributed by atoms with Crippen molar-refractivity contribution in [3.05, 3.63) is 0 Å². The van der Waals surface area contributed by atoms with Crippen molar-refractivity contribution in [3.63, 3.8) is 0 Å². The Morgan fingerprint density at radius 3 is 2.64 bits per heavy atom. The van der Waals surface area contributed by atoms with E-state index in [0.717, 1.165) is 0 Å². The molecule has 0 aliphatic rings. The van der Waals surface area contributed by atoms with Gasteiger partial charge in [-0.2, -0.15) is 0 Å². The Bertz CT molecular complexity index is 157. The van der Waals surface area contributed by atoms with Crippen LogP contribution in [0.25, 0.3) is 0 Å². The molecule has 0 aliphatic carbocycles. The molecule has 1 N–H and O–H groups in total. The highest BCUT2D eigenvalue weighted by atomic mass is 16.5. The lowest BCUT2D eigenvalue weighted by Gasteiger charge is -2.09. The first-order valence-corrected chi connectivity index (χ1v) is 2.98. The Hall–Kier alpha value is -1.23. The molecule has 0 fully saturated rings. The lowest BCUT2D eigenvalue weighted by molar-refractivity contribution is -0.132. The molecule has 0 saturated heterocycles. The van der Waals surface area contributed by atoms with Crippen LogP contribution in [0.3, 0.4) is 0 Å². The van der Waals surface area contributed by atoms with Crippen LogP contribution >= 0.6 is 0 Å². The molecule has 0 radical (unpaired) electrons. The van der Waals surface area contributed by atoms with Crippen molar-refractivity contribution < 1.29 is 19.1 Å². The first-order chi connectivity index (χ1) is 5.20. The Labute approximate surface area is 63.7 Å². The lowest BCUT2D eigenvalue weighted by atomic mass is 10.5. The SMILES string of the molecule is CC(=O)N[C@H](C=O)OCC=O. The second-order valence-electron chi connectivity index (χ2n) is 1.76. The van der Waals surface area contributed by atoms with Gasteiger partial charge in [0.05, 0.1) is 0 Å². The summed E-state index contributed by atoms with van der Waals surface area (Å²) in [5, 5.41) is 2.18. The molecule has 11 heavy (non-hydrogen) atoms. The second kappa shape index (κ2) is 5.55. The maximum Gasteiger partial charge on any atom is 0.219 e. The number of rotatable bonds is 5. The molecule has 5 nitrogen and oxygen atoms in total. The average Bonchev–Trinajstić information content (AvgIpc) is 1.97. The Morgan fingerprint density at radius 2 is 2.27 bits per heavy atom. The third-order valence-corrected chi connectivity index (χ3v) is 0.813. The number of aldehydes is 2. The lowest BCUT2D eigenvalue weighted by Crippen LogP contribution is -2.36. The zero-order valence-electron chi connectivity index (χ0n) is 6.07. The minimum absolute atomic E-state index is 0.205. The van der Waals surface area contributed by atoms with E-state index in [-0.39, 0.29) is 12.5 Å². The van der Waals surface area contributed by atoms with E-state index in [9.17, 15) is 14.4 Å². The van der Waals surface area contributed by atoms with Crippen molar-refractivity contribution in [3.8, 4) is 0 Å². The van der Waals surface area contributed by atoms with Crippen molar-refractivity contribution in [1.82, 2.24) is 5.32 Å². The van der Waals surface area contributed by atoms with Gasteiger partial charge in [0, 0.05) is 6.92 Å². The second-order valence-corrected chi connectivity index (χ2v) is 1.76. The summed E-state index contributed by atoms with van der Waals surface area (Å²) in [6.07, 6.45) is -0.110. The van der Waals surface area contributed by atoms with E-state index in [1.165, 1.54) is 6.92 Å². The summed E-state index contributed by atoms with van der Waals surface area (Å²) in [5.41, 5.74) is 0. The number of amides is 1. The predicted octanol–water partition coefficient (Wildman–Crippen LogP) is -1.14. The number of carbonyl (C=O) groups is 3.